The molecule has 0 aromatic heterocycles. The van der Waals surface area contributed by atoms with Crippen molar-refractivity contribution in [1.29, 1.82) is 0 Å². The molecule has 1 saturated carbocycles. The highest BCUT2D eigenvalue weighted by molar-refractivity contribution is 5.65. The van der Waals surface area contributed by atoms with Crippen molar-refractivity contribution in [1.82, 2.24) is 0 Å². The lowest BCUT2D eigenvalue weighted by molar-refractivity contribution is -0.384. The Kier molecular flexibility index (Phi) is 2.81. The van der Waals surface area contributed by atoms with Gasteiger partial charge in [-0.25, -0.2) is 0 Å². The third-order valence-corrected chi connectivity index (χ3v) is 3.68. The summed E-state index contributed by atoms with van der Waals surface area (Å²) in [5, 5.41) is 14.2. The maximum atomic E-state index is 11.0. The van der Waals surface area contributed by atoms with Gasteiger partial charge in [0.2, 0.25) is 0 Å². The highest BCUT2D eigenvalue weighted by Crippen LogP contribution is 2.51. The van der Waals surface area contributed by atoms with Crippen LogP contribution in [0, 0.1) is 28.4 Å². The average Bonchev–Trinajstić information content (AvgIpc) is 2.83. The van der Waals surface area contributed by atoms with Gasteiger partial charge in [0.05, 0.1) is 4.92 Å². The Hall–Kier alpha value is -1.58. The lowest BCUT2D eigenvalue weighted by Gasteiger charge is -2.09. The molecule has 1 atom stereocenters. The van der Waals surface area contributed by atoms with Crippen LogP contribution in [0.5, 0.6) is 0 Å². The summed E-state index contributed by atoms with van der Waals surface area (Å²) in [4.78, 5) is 10.7. The van der Waals surface area contributed by atoms with Gasteiger partial charge >= 0.3 is 0 Å². The van der Waals surface area contributed by atoms with E-state index in [0.29, 0.717) is 22.6 Å². The maximum absolute atomic E-state index is 11.0. The molecule has 4 heteroatoms. The van der Waals surface area contributed by atoms with Crippen LogP contribution in [-0.2, 0) is 0 Å². The van der Waals surface area contributed by atoms with E-state index < -0.39 is 0 Å². The van der Waals surface area contributed by atoms with Gasteiger partial charge in [-0.3, -0.25) is 10.1 Å². The van der Waals surface area contributed by atoms with Crippen molar-refractivity contribution in [3.63, 3.8) is 0 Å². The highest BCUT2D eigenvalue weighted by atomic mass is 16.6. The summed E-state index contributed by atoms with van der Waals surface area (Å²) < 4.78 is 0. The fourth-order valence-electron chi connectivity index (χ4n) is 2.20. The minimum atomic E-state index is -0.310. The second-order valence-corrected chi connectivity index (χ2v) is 5.50. The van der Waals surface area contributed by atoms with E-state index in [-0.39, 0.29) is 10.6 Å². The van der Waals surface area contributed by atoms with Crippen LogP contribution in [0.2, 0.25) is 0 Å². The Balaban J connectivity index is 2.10. The number of nitrogens with one attached hydrogen (secondary N) is 1. The van der Waals surface area contributed by atoms with Crippen LogP contribution in [0.15, 0.2) is 18.2 Å². The monoisotopic (exact) mass is 234 g/mol. The number of nitro groups is 1. The quantitative estimate of drug-likeness (QED) is 0.642. The van der Waals surface area contributed by atoms with Crippen molar-refractivity contribution in [2.24, 2.45) is 11.3 Å². The molecule has 1 aliphatic carbocycles. The van der Waals surface area contributed by atoms with Crippen LogP contribution < -0.4 is 5.32 Å². The van der Waals surface area contributed by atoms with E-state index in [2.05, 4.69) is 19.2 Å². The van der Waals surface area contributed by atoms with Crippen LogP contribution in [0.1, 0.15) is 25.8 Å². The van der Waals surface area contributed by atoms with Crippen LogP contribution in [0.25, 0.3) is 0 Å². The highest BCUT2D eigenvalue weighted by Gasteiger charge is 2.45. The average molecular weight is 234 g/mol. The second-order valence-electron chi connectivity index (χ2n) is 5.50. The molecular weight excluding hydrogens is 216 g/mol. The molecule has 1 unspecified atom stereocenters. The molecule has 0 aliphatic heterocycles. The predicted molar refractivity (Wildman–Crippen MR) is 68.2 cm³/mol. The summed E-state index contributed by atoms with van der Waals surface area (Å²) in [5.41, 5.74) is 1.93. The minimum Gasteiger partial charge on any atom is -0.379 e. The van der Waals surface area contributed by atoms with E-state index >= 15 is 0 Å². The Labute approximate surface area is 101 Å². The van der Waals surface area contributed by atoms with E-state index in [1.165, 1.54) is 6.42 Å². The zero-order valence-electron chi connectivity index (χ0n) is 10.5. The predicted octanol–water partition coefficient (Wildman–Crippen LogP) is 3.36. The number of para-hydroxylation sites is 1. The second kappa shape index (κ2) is 4.02. The summed E-state index contributed by atoms with van der Waals surface area (Å²) in [6, 6.07) is 5.40. The number of anilines is 1. The summed E-state index contributed by atoms with van der Waals surface area (Å²) in [6.45, 7) is 7.04. The zero-order chi connectivity index (χ0) is 12.6. The molecule has 2 rings (SSSR count). The summed E-state index contributed by atoms with van der Waals surface area (Å²) in [6.07, 6.45) is 1.19. The molecular formula is C13H18N2O2. The largest absolute Gasteiger partial charge is 0.379 e. The first-order chi connectivity index (χ1) is 7.92. The first-order valence-corrected chi connectivity index (χ1v) is 5.90. The molecule has 0 bridgehead atoms. The molecule has 1 fully saturated rings. The van der Waals surface area contributed by atoms with Crippen LogP contribution >= 0.6 is 0 Å². The fourth-order valence-corrected chi connectivity index (χ4v) is 2.20. The first kappa shape index (κ1) is 11.9. The first-order valence-electron chi connectivity index (χ1n) is 5.90. The molecule has 0 spiro atoms. The van der Waals surface area contributed by atoms with Crippen molar-refractivity contribution < 1.29 is 4.92 Å². The Morgan fingerprint density at radius 3 is 2.71 bits per heavy atom. The standard InChI is InChI=1S/C13H18N2O2/c1-9-5-4-6-11(12(9)15(16)17)14-8-10-7-13(10,2)3/h4-6,10,14H,7-8H2,1-3H3. The molecule has 17 heavy (non-hydrogen) atoms. The molecule has 0 saturated heterocycles. The van der Waals surface area contributed by atoms with E-state index in [9.17, 15) is 10.1 Å². The van der Waals surface area contributed by atoms with E-state index in [1.54, 1.807) is 19.1 Å². The number of nitrogens with zero attached hydrogens (tertiary/aromatic N) is 1. The normalized spacial score (nSPS) is 21.0. The minimum absolute atomic E-state index is 0.200. The lowest BCUT2D eigenvalue weighted by Crippen LogP contribution is -2.09. The van der Waals surface area contributed by atoms with Gasteiger partial charge in [-0.05, 0) is 30.7 Å². The molecule has 1 N–H and O–H groups in total. The molecule has 1 aromatic rings. The van der Waals surface area contributed by atoms with Crippen LogP contribution in [0.4, 0.5) is 11.4 Å². The van der Waals surface area contributed by atoms with Gasteiger partial charge in [0.25, 0.3) is 5.69 Å². The van der Waals surface area contributed by atoms with Gasteiger partial charge in [0.15, 0.2) is 0 Å². The van der Waals surface area contributed by atoms with Crippen LogP contribution in [-0.4, -0.2) is 11.5 Å². The van der Waals surface area contributed by atoms with Gasteiger partial charge < -0.3 is 5.32 Å². The Bertz CT molecular complexity index is 455. The van der Waals surface area contributed by atoms with Gasteiger partial charge in [-0.15, -0.1) is 0 Å². The van der Waals surface area contributed by atoms with E-state index in [4.69, 9.17) is 0 Å². The van der Waals surface area contributed by atoms with Gasteiger partial charge in [0.1, 0.15) is 5.69 Å². The number of aryl methyl sites for hydroxylation is 1. The van der Waals surface area contributed by atoms with Crippen molar-refractivity contribution in [3.8, 4) is 0 Å². The van der Waals surface area contributed by atoms with Crippen molar-refractivity contribution in [2.75, 3.05) is 11.9 Å². The SMILES string of the molecule is Cc1cccc(NCC2CC2(C)C)c1[N+](=O)[O-]. The molecule has 4 nitrogen and oxygen atoms in total. The zero-order valence-corrected chi connectivity index (χ0v) is 10.5. The van der Waals surface area contributed by atoms with Crippen molar-refractivity contribution in [3.05, 3.63) is 33.9 Å². The lowest BCUT2D eigenvalue weighted by atomic mass is 10.1. The molecule has 0 heterocycles. The number of benzene rings is 1. The van der Waals surface area contributed by atoms with E-state index in [0.717, 1.165) is 6.54 Å². The molecule has 0 radical (unpaired) electrons. The number of hydrogen-bond donors (Lipinski definition) is 1. The van der Waals surface area contributed by atoms with Crippen LogP contribution in [0.3, 0.4) is 0 Å². The third-order valence-electron chi connectivity index (χ3n) is 3.68. The smallest absolute Gasteiger partial charge is 0.295 e. The van der Waals surface area contributed by atoms with E-state index in [1.807, 2.05) is 6.07 Å². The summed E-state index contributed by atoms with van der Waals surface area (Å²) in [7, 11) is 0. The Morgan fingerprint density at radius 1 is 1.53 bits per heavy atom. The number of rotatable bonds is 4. The molecule has 1 aromatic carbocycles. The summed E-state index contributed by atoms with van der Waals surface area (Å²) >= 11 is 0. The van der Waals surface area contributed by atoms with Gasteiger partial charge in [0, 0.05) is 12.1 Å². The summed E-state index contributed by atoms with van der Waals surface area (Å²) in [5.74, 6) is 0.627. The number of nitro benzene ring substituents is 1. The fraction of sp³-hybridized carbons (Fsp3) is 0.538. The van der Waals surface area contributed by atoms with Gasteiger partial charge in [-0.2, -0.15) is 0 Å². The number of hydrogen-bond acceptors (Lipinski definition) is 3. The van der Waals surface area contributed by atoms with Gasteiger partial charge in [-0.1, -0.05) is 26.0 Å². The molecule has 0 amide bonds. The Morgan fingerprint density at radius 2 is 2.18 bits per heavy atom. The van der Waals surface area contributed by atoms with Crippen molar-refractivity contribution >= 4 is 11.4 Å². The topological polar surface area (TPSA) is 55.2 Å². The van der Waals surface area contributed by atoms with Crippen molar-refractivity contribution in [2.45, 2.75) is 27.2 Å². The molecule has 1 aliphatic rings. The maximum Gasteiger partial charge on any atom is 0.295 e. The molecule has 92 valence electrons. The third kappa shape index (κ3) is 2.40.